The molecule has 5 rings (SSSR count). The van der Waals surface area contributed by atoms with Crippen molar-refractivity contribution in [3.8, 4) is 5.75 Å². The van der Waals surface area contributed by atoms with Gasteiger partial charge >= 0.3 is 0 Å². The number of carbonyl (C=O) groups excluding carboxylic acids is 2. The van der Waals surface area contributed by atoms with Gasteiger partial charge in [0.15, 0.2) is 0 Å². The standard InChI is InChI=1S/C27H30N4O3/c1-34-24-9-6-20(7-10-24)18-31-25-12-15-29(19-23(25)8-11-26(31)32)27(33)22-5-2-4-21(16-22)17-30-14-3-13-28-30/h2-7,9-10,13-14,16,23,25H,8,11-12,15,17-19H2,1H3/t23-,25+/m1/s1. The summed E-state index contributed by atoms with van der Waals surface area (Å²) in [6, 6.07) is 17.8. The zero-order chi connectivity index (χ0) is 23.5. The van der Waals surface area contributed by atoms with Gasteiger partial charge in [0, 0.05) is 50.1 Å². The van der Waals surface area contributed by atoms with Crippen LogP contribution in [0.15, 0.2) is 67.0 Å². The first-order valence-corrected chi connectivity index (χ1v) is 11.9. The van der Waals surface area contributed by atoms with Gasteiger partial charge in [-0.2, -0.15) is 5.10 Å². The fourth-order valence-electron chi connectivity index (χ4n) is 5.24. The lowest BCUT2D eigenvalue weighted by Gasteiger charge is -2.47. The molecular weight excluding hydrogens is 428 g/mol. The second kappa shape index (κ2) is 9.71. The van der Waals surface area contributed by atoms with Gasteiger partial charge in [0.2, 0.25) is 5.91 Å². The lowest BCUT2D eigenvalue weighted by molar-refractivity contribution is -0.141. The topological polar surface area (TPSA) is 67.7 Å². The van der Waals surface area contributed by atoms with Gasteiger partial charge < -0.3 is 14.5 Å². The smallest absolute Gasteiger partial charge is 0.253 e. The quantitative estimate of drug-likeness (QED) is 0.566. The molecule has 2 aliphatic rings. The van der Waals surface area contributed by atoms with Crippen molar-refractivity contribution in [2.75, 3.05) is 20.2 Å². The number of hydrogen-bond donors (Lipinski definition) is 0. The van der Waals surface area contributed by atoms with Crippen LogP contribution in [0.4, 0.5) is 0 Å². The van der Waals surface area contributed by atoms with Gasteiger partial charge in [-0.3, -0.25) is 14.3 Å². The Labute approximate surface area is 199 Å². The summed E-state index contributed by atoms with van der Waals surface area (Å²) in [5.41, 5.74) is 2.87. The Balaban J connectivity index is 1.25. The Morgan fingerprint density at radius 2 is 1.91 bits per heavy atom. The second-order valence-electron chi connectivity index (χ2n) is 9.18. The van der Waals surface area contributed by atoms with Crippen molar-refractivity contribution in [1.29, 1.82) is 0 Å². The zero-order valence-corrected chi connectivity index (χ0v) is 19.5. The minimum absolute atomic E-state index is 0.0689. The molecule has 0 aliphatic carbocycles. The van der Waals surface area contributed by atoms with Crippen LogP contribution >= 0.6 is 0 Å². The highest BCUT2D eigenvalue weighted by Gasteiger charge is 2.40. The number of amides is 2. The molecule has 2 amide bonds. The molecule has 176 valence electrons. The summed E-state index contributed by atoms with van der Waals surface area (Å²) in [4.78, 5) is 30.1. The van der Waals surface area contributed by atoms with Crippen molar-refractivity contribution in [3.05, 3.63) is 83.7 Å². The number of methoxy groups -OCH3 is 1. The molecule has 0 unspecified atom stereocenters. The number of carbonyl (C=O) groups is 2. The minimum Gasteiger partial charge on any atom is -0.497 e. The Kier molecular flexibility index (Phi) is 6.34. The summed E-state index contributed by atoms with van der Waals surface area (Å²) in [6.07, 6.45) is 5.86. The Hall–Kier alpha value is -3.61. The fourth-order valence-corrected chi connectivity index (χ4v) is 5.24. The normalized spacial score (nSPS) is 20.2. The highest BCUT2D eigenvalue weighted by atomic mass is 16.5. The molecule has 0 bridgehead atoms. The molecular formula is C27H30N4O3. The Morgan fingerprint density at radius 1 is 1.06 bits per heavy atom. The number of nitrogens with zero attached hydrogens (tertiary/aromatic N) is 4. The van der Waals surface area contributed by atoms with Gasteiger partial charge in [-0.15, -0.1) is 0 Å². The largest absolute Gasteiger partial charge is 0.497 e. The highest BCUT2D eigenvalue weighted by Crippen LogP contribution is 2.33. The van der Waals surface area contributed by atoms with E-state index in [4.69, 9.17) is 4.74 Å². The third kappa shape index (κ3) is 4.69. The molecule has 2 saturated heterocycles. The van der Waals surface area contributed by atoms with E-state index in [9.17, 15) is 9.59 Å². The summed E-state index contributed by atoms with van der Waals surface area (Å²) >= 11 is 0. The molecule has 2 aromatic carbocycles. The van der Waals surface area contributed by atoms with Crippen LogP contribution in [-0.4, -0.2) is 57.6 Å². The summed E-state index contributed by atoms with van der Waals surface area (Å²) < 4.78 is 7.10. The van der Waals surface area contributed by atoms with Crippen LogP contribution in [0.25, 0.3) is 0 Å². The molecule has 3 aromatic rings. The molecule has 34 heavy (non-hydrogen) atoms. The summed E-state index contributed by atoms with van der Waals surface area (Å²) in [7, 11) is 1.65. The van der Waals surface area contributed by atoms with E-state index in [1.165, 1.54) is 0 Å². The van der Waals surface area contributed by atoms with Crippen molar-refractivity contribution in [3.63, 3.8) is 0 Å². The number of likely N-dealkylation sites (tertiary alicyclic amines) is 2. The molecule has 3 heterocycles. The van der Waals surface area contributed by atoms with Crippen LogP contribution in [0.3, 0.4) is 0 Å². The van der Waals surface area contributed by atoms with Crippen LogP contribution in [0, 0.1) is 5.92 Å². The summed E-state index contributed by atoms with van der Waals surface area (Å²) in [5, 5.41) is 4.26. The highest BCUT2D eigenvalue weighted by molar-refractivity contribution is 5.94. The first-order valence-electron chi connectivity index (χ1n) is 11.9. The molecule has 2 fully saturated rings. The number of aromatic nitrogens is 2. The maximum atomic E-state index is 13.3. The average Bonchev–Trinajstić information content (AvgIpc) is 3.38. The molecule has 7 heteroatoms. The number of rotatable bonds is 6. The maximum Gasteiger partial charge on any atom is 0.253 e. The van der Waals surface area contributed by atoms with Crippen LogP contribution < -0.4 is 4.74 Å². The number of fused-ring (bicyclic) bond motifs is 1. The first-order chi connectivity index (χ1) is 16.6. The maximum absolute atomic E-state index is 13.3. The van der Waals surface area contributed by atoms with Gasteiger partial charge in [0.05, 0.1) is 13.7 Å². The van der Waals surface area contributed by atoms with E-state index in [1.54, 1.807) is 13.3 Å². The predicted molar refractivity (Wildman–Crippen MR) is 128 cm³/mol. The van der Waals surface area contributed by atoms with Crippen molar-refractivity contribution in [2.45, 2.75) is 38.4 Å². The van der Waals surface area contributed by atoms with E-state index < -0.39 is 0 Å². The minimum atomic E-state index is 0.0689. The molecule has 0 N–H and O–H groups in total. The average molecular weight is 459 g/mol. The SMILES string of the molecule is COc1ccc(CN2C(=O)CC[C@@H]3CN(C(=O)c4cccc(Cn5cccn5)c4)CC[C@@H]32)cc1. The van der Waals surface area contributed by atoms with E-state index in [0.29, 0.717) is 44.1 Å². The molecule has 7 nitrogen and oxygen atoms in total. The predicted octanol–water partition coefficient (Wildman–Crippen LogP) is 3.59. The van der Waals surface area contributed by atoms with Gasteiger partial charge in [0.1, 0.15) is 5.75 Å². The molecule has 0 saturated carbocycles. The van der Waals surface area contributed by atoms with Crippen molar-refractivity contribution in [2.24, 2.45) is 5.92 Å². The van der Waals surface area contributed by atoms with E-state index in [1.807, 2.05) is 75.3 Å². The van der Waals surface area contributed by atoms with E-state index in [-0.39, 0.29) is 17.9 Å². The second-order valence-corrected chi connectivity index (χ2v) is 9.18. The van der Waals surface area contributed by atoms with E-state index in [0.717, 1.165) is 29.7 Å². The summed E-state index contributed by atoms with van der Waals surface area (Å²) in [5.74, 6) is 1.40. The van der Waals surface area contributed by atoms with Crippen molar-refractivity contribution < 1.29 is 14.3 Å². The van der Waals surface area contributed by atoms with Crippen LogP contribution in [-0.2, 0) is 17.9 Å². The van der Waals surface area contributed by atoms with Crippen molar-refractivity contribution in [1.82, 2.24) is 19.6 Å². The molecule has 1 aromatic heterocycles. The van der Waals surface area contributed by atoms with E-state index >= 15 is 0 Å². The molecule has 2 atom stereocenters. The number of piperidine rings is 2. The third-order valence-corrected chi connectivity index (χ3v) is 7.02. The van der Waals surface area contributed by atoms with Gasteiger partial charge in [-0.1, -0.05) is 24.3 Å². The summed E-state index contributed by atoms with van der Waals surface area (Å²) in [6.45, 7) is 2.60. The number of ether oxygens (including phenoxy) is 1. The van der Waals surface area contributed by atoms with Gasteiger partial charge in [-0.25, -0.2) is 0 Å². The van der Waals surface area contributed by atoms with Crippen LogP contribution in [0.5, 0.6) is 5.75 Å². The molecule has 0 spiro atoms. The molecule has 0 radical (unpaired) electrons. The monoisotopic (exact) mass is 458 g/mol. The van der Waals surface area contributed by atoms with Crippen molar-refractivity contribution >= 4 is 11.8 Å². The van der Waals surface area contributed by atoms with Crippen LogP contribution in [0.1, 0.15) is 40.7 Å². The lowest BCUT2D eigenvalue weighted by atomic mass is 9.83. The van der Waals surface area contributed by atoms with E-state index in [2.05, 4.69) is 5.10 Å². The van der Waals surface area contributed by atoms with Crippen LogP contribution in [0.2, 0.25) is 0 Å². The van der Waals surface area contributed by atoms with Gasteiger partial charge in [-0.05, 0) is 60.2 Å². The zero-order valence-electron chi connectivity index (χ0n) is 19.5. The number of hydrogen-bond acceptors (Lipinski definition) is 4. The Bertz CT molecular complexity index is 1140. The Morgan fingerprint density at radius 3 is 2.68 bits per heavy atom. The first kappa shape index (κ1) is 22.2. The van der Waals surface area contributed by atoms with Gasteiger partial charge in [0.25, 0.3) is 5.91 Å². The molecule has 2 aliphatic heterocycles. The lowest BCUT2D eigenvalue weighted by Crippen LogP contribution is -2.56. The number of benzene rings is 2. The third-order valence-electron chi connectivity index (χ3n) is 7.02. The fraction of sp³-hybridized carbons (Fsp3) is 0.370.